The fraction of sp³-hybridized carbons (Fsp3) is 0.375. The van der Waals surface area contributed by atoms with Crippen molar-refractivity contribution in [2.75, 3.05) is 20.3 Å². The number of hydrogen-bond donors (Lipinski definition) is 2. The normalized spacial score (nSPS) is 11.0. The minimum atomic E-state index is -0.154. The van der Waals surface area contributed by atoms with Crippen LogP contribution in [0.1, 0.15) is 37.8 Å². The van der Waals surface area contributed by atoms with Crippen molar-refractivity contribution < 1.29 is 19.4 Å². The first-order chi connectivity index (χ1) is 14.0. The molecule has 5 heteroatoms. The molecule has 0 saturated heterocycles. The number of carbonyl (C=O) groups is 1. The van der Waals surface area contributed by atoms with E-state index >= 15 is 0 Å². The zero-order valence-electron chi connectivity index (χ0n) is 17.5. The molecule has 2 aromatic carbocycles. The van der Waals surface area contributed by atoms with Crippen LogP contribution < -0.4 is 14.8 Å². The fourth-order valence-electron chi connectivity index (χ4n) is 2.87. The summed E-state index contributed by atoms with van der Waals surface area (Å²) in [7, 11) is 1.62. The lowest BCUT2D eigenvalue weighted by molar-refractivity contribution is -0.116. The highest BCUT2D eigenvalue weighted by Crippen LogP contribution is 2.29. The first kappa shape index (κ1) is 22.3. The molecule has 0 atom stereocenters. The molecule has 0 bridgehead atoms. The molecule has 156 valence electrons. The van der Waals surface area contributed by atoms with Crippen LogP contribution in [0.3, 0.4) is 0 Å². The molecule has 0 unspecified atom stereocenters. The molecule has 0 aromatic heterocycles. The second kappa shape index (κ2) is 11.8. The van der Waals surface area contributed by atoms with Crippen molar-refractivity contribution in [3.8, 4) is 17.2 Å². The van der Waals surface area contributed by atoms with E-state index in [0.717, 1.165) is 24.0 Å². The number of hydrogen-bond acceptors (Lipinski definition) is 4. The van der Waals surface area contributed by atoms with E-state index in [1.165, 1.54) is 6.08 Å². The number of carbonyl (C=O) groups excluding carboxylic acids is 1. The third-order valence-electron chi connectivity index (χ3n) is 4.89. The predicted octanol–water partition coefficient (Wildman–Crippen LogP) is 4.59. The average Bonchev–Trinajstić information content (AvgIpc) is 2.74. The summed E-state index contributed by atoms with van der Waals surface area (Å²) < 4.78 is 11.3. The molecule has 0 heterocycles. The summed E-state index contributed by atoms with van der Waals surface area (Å²) in [6.07, 6.45) is 6.13. The number of methoxy groups -OCH3 is 1. The molecule has 0 radical (unpaired) electrons. The predicted molar refractivity (Wildman–Crippen MR) is 116 cm³/mol. The van der Waals surface area contributed by atoms with E-state index in [0.29, 0.717) is 37.0 Å². The van der Waals surface area contributed by atoms with Gasteiger partial charge in [0, 0.05) is 12.6 Å². The molecule has 0 saturated carbocycles. The van der Waals surface area contributed by atoms with Crippen molar-refractivity contribution in [2.45, 2.75) is 33.1 Å². The Bertz CT molecular complexity index is 795. The van der Waals surface area contributed by atoms with Crippen molar-refractivity contribution in [2.24, 2.45) is 5.92 Å². The van der Waals surface area contributed by atoms with E-state index in [1.54, 1.807) is 25.3 Å². The van der Waals surface area contributed by atoms with Crippen molar-refractivity contribution in [3.05, 3.63) is 59.7 Å². The maximum Gasteiger partial charge on any atom is 0.244 e. The first-order valence-electron chi connectivity index (χ1n) is 10.1. The largest absolute Gasteiger partial charge is 0.508 e. The number of rotatable bonds is 11. The monoisotopic (exact) mass is 397 g/mol. The lowest BCUT2D eigenvalue weighted by atomic mass is 10.1. The number of phenolic OH excluding ortho intramolecular Hbond substituents is 1. The van der Waals surface area contributed by atoms with Crippen LogP contribution in [-0.4, -0.2) is 31.3 Å². The van der Waals surface area contributed by atoms with E-state index in [9.17, 15) is 9.90 Å². The first-order valence-corrected chi connectivity index (χ1v) is 10.1. The summed E-state index contributed by atoms with van der Waals surface area (Å²) in [6.45, 7) is 5.50. The van der Waals surface area contributed by atoms with Crippen LogP contribution in [0, 0.1) is 5.92 Å². The summed E-state index contributed by atoms with van der Waals surface area (Å²) in [5, 5.41) is 12.2. The Kier molecular flexibility index (Phi) is 9.09. The minimum absolute atomic E-state index is 0.154. The van der Waals surface area contributed by atoms with Gasteiger partial charge in [-0.25, -0.2) is 0 Å². The molecule has 5 nitrogen and oxygen atoms in total. The quantitative estimate of drug-likeness (QED) is 0.544. The molecule has 2 rings (SSSR count). The third-order valence-corrected chi connectivity index (χ3v) is 4.89. The highest BCUT2D eigenvalue weighted by Gasteiger charge is 2.09. The van der Waals surface area contributed by atoms with E-state index in [-0.39, 0.29) is 11.7 Å². The standard InChI is InChI=1S/C24H31NO4/c1-4-18(5-2)17-29-23-16-20(8-12-22(23)28-3)9-13-24(27)25-15-14-19-6-10-21(26)11-7-19/h6-13,16,18,26H,4-5,14-15,17H2,1-3H3,(H,25,27)/b13-9+. The van der Waals surface area contributed by atoms with Crippen molar-refractivity contribution in [1.29, 1.82) is 0 Å². The molecule has 0 aliphatic heterocycles. The van der Waals surface area contributed by atoms with Crippen LogP contribution in [0.25, 0.3) is 6.08 Å². The second-order valence-electron chi connectivity index (χ2n) is 6.94. The number of amides is 1. The van der Waals surface area contributed by atoms with Crippen molar-refractivity contribution in [1.82, 2.24) is 5.32 Å². The Morgan fingerprint density at radius 2 is 1.83 bits per heavy atom. The van der Waals surface area contributed by atoms with Gasteiger partial charge in [0.25, 0.3) is 0 Å². The van der Waals surface area contributed by atoms with Gasteiger partial charge >= 0.3 is 0 Å². The van der Waals surface area contributed by atoms with Gasteiger partial charge in [0.1, 0.15) is 5.75 Å². The Hall–Kier alpha value is -2.95. The summed E-state index contributed by atoms with van der Waals surface area (Å²) in [5.74, 6) is 1.97. The summed E-state index contributed by atoms with van der Waals surface area (Å²) in [4.78, 5) is 12.1. The Balaban J connectivity index is 1.90. The number of phenols is 1. The molecule has 0 aliphatic rings. The van der Waals surface area contributed by atoms with Gasteiger partial charge in [-0.3, -0.25) is 4.79 Å². The van der Waals surface area contributed by atoms with Crippen LogP contribution in [0.5, 0.6) is 17.2 Å². The van der Waals surface area contributed by atoms with Gasteiger partial charge in [-0.2, -0.15) is 0 Å². The molecular weight excluding hydrogens is 366 g/mol. The van der Waals surface area contributed by atoms with E-state index in [1.807, 2.05) is 30.3 Å². The summed E-state index contributed by atoms with van der Waals surface area (Å²) in [6, 6.07) is 12.6. The maximum absolute atomic E-state index is 12.1. The molecule has 0 spiro atoms. The Morgan fingerprint density at radius 1 is 1.10 bits per heavy atom. The Morgan fingerprint density at radius 3 is 2.48 bits per heavy atom. The van der Waals surface area contributed by atoms with E-state index in [4.69, 9.17) is 9.47 Å². The summed E-state index contributed by atoms with van der Waals surface area (Å²) in [5.41, 5.74) is 1.93. The Labute approximate surface area is 173 Å². The molecule has 2 aromatic rings. The van der Waals surface area contributed by atoms with Gasteiger partial charge in [0.05, 0.1) is 13.7 Å². The van der Waals surface area contributed by atoms with Gasteiger partial charge in [-0.05, 0) is 53.8 Å². The van der Waals surface area contributed by atoms with E-state index < -0.39 is 0 Å². The minimum Gasteiger partial charge on any atom is -0.508 e. The van der Waals surface area contributed by atoms with E-state index in [2.05, 4.69) is 19.2 Å². The topological polar surface area (TPSA) is 67.8 Å². The average molecular weight is 398 g/mol. The number of ether oxygens (including phenoxy) is 2. The fourth-order valence-corrected chi connectivity index (χ4v) is 2.87. The number of benzene rings is 2. The second-order valence-corrected chi connectivity index (χ2v) is 6.94. The maximum atomic E-state index is 12.1. The van der Waals surface area contributed by atoms with Crippen molar-refractivity contribution in [3.63, 3.8) is 0 Å². The highest BCUT2D eigenvalue weighted by atomic mass is 16.5. The molecule has 0 fully saturated rings. The van der Waals surface area contributed by atoms with Crippen LogP contribution >= 0.6 is 0 Å². The molecule has 1 amide bonds. The lowest BCUT2D eigenvalue weighted by Gasteiger charge is -2.16. The van der Waals surface area contributed by atoms with Gasteiger partial charge in [0.15, 0.2) is 11.5 Å². The lowest BCUT2D eigenvalue weighted by Crippen LogP contribution is -2.23. The van der Waals surface area contributed by atoms with Gasteiger partial charge < -0.3 is 19.9 Å². The smallest absolute Gasteiger partial charge is 0.244 e. The van der Waals surface area contributed by atoms with Gasteiger partial charge in [-0.15, -0.1) is 0 Å². The summed E-state index contributed by atoms with van der Waals surface area (Å²) >= 11 is 0. The molecule has 0 aliphatic carbocycles. The molecule has 2 N–H and O–H groups in total. The highest BCUT2D eigenvalue weighted by molar-refractivity contribution is 5.91. The van der Waals surface area contributed by atoms with Crippen LogP contribution in [0.4, 0.5) is 0 Å². The van der Waals surface area contributed by atoms with Crippen LogP contribution in [-0.2, 0) is 11.2 Å². The van der Waals surface area contributed by atoms with Crippen LogP contribution in [0.2, 0.25) is 0 Å². The van der Waals surface area contributed by atoms with Gasteiger partial charge in [0.2, 0.25) is 5.91 Å². The van der Waals surface area contributed by atoms with Crippen molar-refractivity contribution >= 4 is 12.0 Å². The SMILES string of the molecule is CCC(CC)COc1cc(/C=C/C(=O)NCCc2ccc(O)cc2)ccc1OC. The molecular formula is C24H31NO4. The molecule has 29 heavy (non-hydrogen) atoms. The third kappa shape index (κ3) is 7.53. The zero-order chi connectivity index (χ0) is 21.1. The number of nitrogens with one attached hydrogen (secondary N) is 1. The van der Waals surface area contributed by atoms with Crippen LogP contribution in [0.15, 0.2) is 48.5 Å². The zero-order valence-corrected chi connectivity index (χ0v) is 17.5. The number of aromatic hydroxyl groups is 1. The van der Waals surface area contributed by atoms with Gasteiger partial charge in [-0.1, -0.05) is 44.9 Å².